The Morgan fingerprint density at radius 2 is 1.79 bits per heavy atom. The Bertz CT molecular complexity index is 631. The summed E-state index contributed by atoms with van der Waals surface area (Å²) in [5.41, 5.74) is 1.66. The van der Waals surface area contributed by atoms with Crippen molar-refractivity contribution in [3.05, 3.63) is 44.9 Å². The van der Waals surface area contributed by atoms with E-state index in [9.17, 15) is 0 Å². The molecule has 0 saturated heterocycles. The number of rotatable bonds is 2. The second-order valence-electron chi connectivity index (χ2n) is 5.07. The van der Waals surface area contributed by atoms with Crippen molar-refractivity contribution in [3.8, 4) is 11.1 Å². The molecular formula is C14H11BrCl2N2. The van der Waals surface area contributed by atoms with Crippen molar-refractivity contribution in [2.75, 3.05) is 0 Å². The van der Waals surface area contributed by atoms with Crippen LogP contribution in [-0.2, 0) is 5.41 Å². The fourth-order valence-electron chi connectivity index (χ4n) is 1.97. The van der Waals surface area contributed by atoms with Gasteiger partial charge in [0.1, 0.15) is 16.1 Å². The van der Waals surface area contributed by atoms with Gasteiger partial charge in [-0.25, -0.2) is 9.97 Å². The molecule has 1 aliphatic rings. The second kappa shape index (κ2) is 4.72. The largest absolute Gasteiger partial charge is 0.220 e. The Labute approximate surface area is 130 Å². The summed E-state index contributed by atoms with van der Waals surface area (Å²) in [7, 11) is 0. The Balaban J connectivity index is 2.12. The fourth-order valence-corrected chi connectivity index (χ4v) is 2.98. The van der Waals surface area contributed by atoms with Gasteiger partial charge >= 0.3 is 0 Å². The second-order valence-corrected chi connectivity index (χ2v) is 6.71. The number of aromatic nitrogens is 2. The van der Waals surface area contributed by atoms with Crippen LogP contribution >= 0.6 is 39.1 Å². The number of benzene rings is 1. The smallest absolute Gasteiger partial charge is 0.142 e. The zero-order valence-electron chi connectivity index (χ0n) is 10.3. The van der Waals surface area contributed by atoms with Crippen LogP contribution in [0.1, 0.15) is 25.6 Å². The quantitative estimate of drug-likeness (QED) is 0.684. The van der Waals surface area contributed by atoms with Crippen molar-refractivity contribution >= 4 is 39.1 Å². The molecule has 1 aromatic heterocycles. The summed E-state index contributed by atoms with van der Waals surface area (Å²) in [6.45, 7) is 2.13. The van der Waals surface area contributed by atoms with Crippen molar-refractivity contribution in [1.29, 1.82) is 0 Å². The molecule has 1 aromatic carbocycles. The van der Waals surface area contributed by atoms with Crippen molar-refractivity contribution in [1.82, 2.24) is 9.97 Å². The molecule has 1 saturated carbocycles. The summed E-state index contributed by atoms with van der Waals surface area (Å²) in [4.78, 5) is 8.86. The summed E-state index contributed by atoms with van der Waals surface area (Å²) >= 11 is 16.0. The van der Waals surface area contributed by atoms with Crippen LogP contribution in [0.5, 0.6) is 0 Å². The monoisotopic (exact) mass is 356 g/mol. The van der Waals surface area contributed by atoms with E-state index in [1.807, 2.05) is 24.3 Å². The van der Waals surface area contributed by atoms with E-state index in [1.165, 1.54) is 0 Å². The van der Waals surface area contributed by atoms with Crippen LogP contribution in [0.3, 0.4) is 0 Å². The Hall–Kier alpha value is -0.640. The van der Waals surface area contributed by atoms with E-state index in [1.54, 1.807) is 0 Å². The fraction of sp³-hybridized carbons (Fsp3) is 0.286. The molecule has 0 amide bonds. The van der Waals surface area contributed by atoms with Crippen LogP contribution in [0.4, 0.5) is 0 Å². The zero-order valence-corrected chi connectivity index (χ0v) is 13.3. The summed E-state index contributed by atoms with van der Waals surface area (Å²) < 4.78 is 0.968. The van der Waals surface area contributed by atoms with Crippen LogP contribution < -0.4 is 0 Å². The third kappa shape index (κ3) is 2.51. The van der Waals surface area contributed by atoms with Crippen LogP contribution in [0, 0.1) is 0 Å². The van der Waals surface area contributed by atoms with E-state index in [0.717, 1.165) is 28.7 Å². The first-order valence-electron chi connectivity index (χ1n) is 5.99. The molecule has 0 bridgehead atoms. The van der Waals surface area contributed by atoms with Gasteiger partial charge in [0.25, 0.3) is 0 Å². The maximum Gasteiger partial charge on any atom is 0.142 e. The predicted octanol–water partition coefficient (Wildman–Crippen LogP) is 5.26. The molecule has 2 nitrogen and oxygen atoms in total. The molecule has 3 rings (SSSR count). The minimum Gasteiger partial charge on any atom is -0.220 e. The molecule has 19 heavy (non-hydrogen) atoms. The van der Waals surface area contributed by atoms with Gasteiger partial charge in [0, 0.05) is 9.89 Å². The van der Waals surface area contributed by atoms with Crippen molar-refractivity contribution in [3.63, 3.8) is 0 Å². The molecule has 0 atom stereocenters. The van der Waals surface area contributed by atoms with Gasteiger partial charge in [-0.2, -0.15) is 0 Å². The first-order chi connectivity index (χ1) is 8.99. The number of nitrogens with zero attached hydrogens (tertiary/aromatic N) is 2. The highest BCUT2D eigenvalue weighted by molar-refractivity contribution is 9.10. The normalized spacial score (nSPS) is 16.4. The van der Waals surface area contributed by atoms with Gasteiger partial charge in [-0.05, 0) is 30.5 Å². The summed E-state index contributed by atoms with van der Waals surface area (Å²) in [6, 6.07) is 7.78. The minimum atomic E-state index is 0.0586. The first kappa shape index (κ1) is 13.3. The molecule has 0 unspecified atom stereocenters. The lowest BCUT2D eigenvalue weighted by Gasteiger charge is -2.12. The summed E-state index contributed by atoms with van der Waals surface area (Å²) in [5.74, 6) is 0.751. The van der Waals surface area contributed by atoms with E-state index in [2.05, 4.69) is 32.8 Å². The van der Waals surface area contributed by atoms with Crippen molar-refractivity contribution in [2.45, 2.75) is 25.2 Å². The van der Waals surface area contributed by atoms with E-state index in [0.29, 0.717) is 15.9 Å². The maximum absolute atomic E-state index is 6.30. The van der Waals surface area contributed by atoms with Gasteiger partial charge in [-0.1, -0.05) is 58.2 Å². The van der Waals surface area contributed by atoms with Gasteiger partial charge in [0.15, 0.2) is 0 Å². The predicted molar refractivity (Wildman–Crippen MR) is 81.8 cm³/mol. The average Bonchev–Trinajstić information content (AvgIpc) is 3.08. The van der Waals surface area contributed by atoms with E-state index < -0.39 is 0 Å². The number of halogens is 3. The van der Waals surface area contributed by atoms with Crippen molar-refractivity contribution < 1.29 is 0 Å². The SMILES string of the molecule is CC1(c2nc(Cl)c(-c3cccc(Br)c3)c(Cl)n2)CC1. The lowest BCUT2D eigenvalue weighted by atomic mass is 10.1. The Morgan fingerprint density at radius 3 is 2.32 bits per heavy atom. The molecular weight excluding hydrogens is 347 g/mol. The average molecular weight is 358 g/mol. The third-order valence-corrected chi connectivity index (χ3v) is 4.51. The van der Waals surface area contributed by atoms with E-state index in [-0.39, 0.29) is 5.41 Å². The number of hydrogen-bond acceptors (Lipinski definition) is 2. The first-order valence-corrected chi connectivity index (χ1v) is 7.54. The van der Waals surface area contributed by atoms with Gasteiger partial charge in [-0.15, -0.1) is 0 Å². The molecule has 0 spiro atoms. The summed E-state index contributed by atoms with van der Waals surface area (Å²) in [6.07, 6.45) is 2.19. The molecule has 1 fully saturated rings. The highest BCUT2D eigenvalue weighted by Crippen LogP contribution is 2.47. The van der Waals surface area contributed by atoms with Gasteiger partial charge in [0.2, 0.25) is 0 Å². The van der Waals surface area contributed by atoms with Crippen LogP contribution in [0.25, 0.3) is 11.1 Å². The molecule has 0 radical (unpaired) electrons. The molecule has 0 aliphatic heterocycles. The molecule has 1 aliphatic carbocycles. The topological polar surface area (TPSA) is 25.8 Å². The Morgan fingerprint density at radius 1 is 1.16 bits per heavy atom. The van der Waals surface area contributed by atoms with E-state index in [4.69, 9.17) is 23.2 Å². The van der Waals surface area contributed by atoms with Gasteiger partial charge < -0.3 is 0 Å². The lowest BCUT2D eigenvalue weighted by Crippen LogP contribution is -2.08. The standard InChI is InChI=1S/C14H11BrCl2N2/c1-14(5-6-14)13-18-11(16)10(12(17)19-13)8-3-2-4-9(15)7-8/h2-4,7H,5-6H2,1H3. The van der Waals surface area contributed by atoms with Crippen molar-refractivity contribution in [2.24, 2.45) is 0 Å². The zero-order chi connectivity index (χ0) is 13.6. The molecule has 5 heteroatoms. The Kier molecular flexibility index (Phi) is 3.32. The van der Waals surface area contributed by atoms with E-state index >= 15 is 0 Å². The molecule has 1 heterocycles. The maximum atomic E-state index is 6.30. The molecule has 98 valence electrons. The third-order valence-electron chi connectivity index (χ3n) is 3.47. The van der Waals surface area contributed by atoms with Crippen LogP contribution in [0.2, 0.25) is 10.3 Å². The number of hydrogen-bond donors (Lipinski definition) is 0. The molecule has 2 aromatic rings. The lowest BCUT2D eigenvalue weighted by molar-refractivity contribution is 0.709. The van der Waals surface area contributed by atoms with Crippen LogP contribution in [-0.4, -0.2) is 9.97 Å². The summed E-state index contributed by atoms with van der Waals surface area (Å²) in [5, 5.41) is 0.836. The minimum absolute atomic E-state index is 0.0586. The molecule has 0 N–H and O–H groups in total. The highest BCUT2D eigenvalue weighted by Gasteiger charge is 2.42. The highest BCUT2D eigenvalue weighted by atomic mass is 79.9. The van der Waals surface area contributed by atoms with Gasteiger partial charge in [-0.3, -0.25) is 0 Å². The van der Waals surface area contributed by atoms with Crippen LogP contribution in [0.15, 0.2) is 28.7 Å². The van der Waals surface area contributed by atoms with Gasteiger partial charge in [0.05, 0.1) is 5.56 Å².